The fraction of sp³-hybridized carbons (Fsp3) is 0.909. The molecule has 0 aliphatic heterocycles. The molecule has 14 heavy (non-hydrogen) atoms. The summed E-state index contributed by atoms with van der Waals surface area (Å²) >= 11 is 0. The van der Waals surface area contributed by atoms with Gasteiger partial charge in [-0.2, -0.15) is 0 Å². The van der Waals surface area contributed by atoms with Gasteiger partial charge in [-0.05, 0) is 6.42 Å². The van der Waals surface area contributed by atoms with E-state index in [2.05, 4.69) is 6.92 Å². The molecule has 0 atom stereocenters. The van der Waals surface area contributed by atoms with Crippen LogP contribution in [0.3, 0.4) is 0 Å². The zero-order valence-corrected chi connectivity index (χ0v) is 9.54. The lowest BCUT2D eigenvalue weighted by Gasteiger charge is -2.24. The van der Waals surface area contributed by atoms with Gasteiger partial charge in [0.1, 0.15) is 0 Å². The lowest BCUT2D eigenvalue weighted by molar-refractivity contribution is -0.198. The lowest BCUT2D eigenvalue weighted by Crippen LogP contribution is -2.35. The van der Waals surface area contributed by atoms with Crippen LogP contribution in [0.25, 0.3) is 0 Å². The Balaban J connectivity index is 3.66. The van der Waals surface area contributed by atoms with Gasteiger partial charge in [0.05, 0.1) is 0 Å². The van der Waals surface area contributed by atoms with Crippen LogP contribution in [0.2, 0.25) is 0 Å². The summed E-state index contributed by atoms with van der Waals surface area (Å²) in [4.78, 5) is 10.8. The highest BCUT2D eigenvalue weighted by atomic mass is 16.7. The smallest absolute Gasteiger partial charge is 0.225 e. The van der Waals surface area contributed by atoms with Crippen LogP contribution in [0, 0.1) is 0 Å². The Morgan fingerprint density at radius 3 is 2.07 bits per heavy atom. The van der Waals surface area contributed by atoms with Crippen molar-refractivity contribution in [3.05, 3.63) is 0 Å². The van der Waals surface area contributed by atoms with E-state index in [1.165, 1.54) is 33.5 Å². The zero-order valence-electron chi connectivity index (χ0n) is 9.54. The molecule has 0 aromatic carbocycles. The molecule has 3 heteroatoms. The van der Waals surface area contributed by atoms with Crippen molar-refractivity contribution in [1.82, 2.24) is 0 Å². The molecule has 3 nitrogen and oxygen atoms in total. The standard InChI is InChI=1S/C11H22O3/c1-4-5-6-7-8-9-11(10-12,13-2)14-3/h10H,4-9H2,1-3H3. The minimum Gasteiger partial charge on any atom is -0.347 e. The first kappa shape index (κ1) is 13.6. The maximum absolute atomic E-state index is 10.8. The first-order valence-corrected chi connectivity index (χ1v) is 5.31. The summed E-state index contributed by atoms with van der Waals surface area (Å²) in [7, 11) is 3.01. The highest BCUT2D eigenvalue weighted by molar-refractivity contribution is 5.59. The summed E-state index contributed by atoms with van der Waals surface area (Å²) < 4.78 is 10.1. The molecule has 0 spiro atoms. The number of hydrogen-bond donors (Lipinski definition) is 0. The van der Waals surface area contributed by atoms with E-state index >= 15 is 0 Å². The summed E-state index contributed by atoms with van der Waals surface area (Å²) in [5, 5.41) is 0. The van der Waals surface area contributed by atoms with E-state index in [1.54, 1.807) is 0 Å². The van der Waals surface area contributed by atoms with Gasteiger partial charge in [-0.15, -0.1) is 0 Å². The molecule has 0 saturated heterocycles. The quantitative estimate of drug-likeness (QED) is 0.327. The van der Waals surface area contributed by atoms with Crippen molar-refractivity contribution in [3.8, 4) is 0 Å². The van der Waals surface area contributed by atoms with Gasteiger partial charge in [0, 0.05) is 20.6 Å². The van der Waals surface area contributed by atoms with Gasteiger partial charge in [-0.1, -0.05) is 32.6 Å². The van der Waals surface area contributed by atoms with E-state index in [0.717, 1.165) is 19.1 Å². The van der Waals surface area contributed by atoms with Gasteiger partial charge in [-0.25, -0.2) is 0 Å². The molecule has 0 heterocycles. The SMILES string of the molecule is CCCCCCCC(C=O)(OC)OC. The first-order chi connectivity index (χ1) is 6.74. The Labute approximate surface area is 86.8 Å². The van der Waals surface area contributed by atoms with Crippen LogP contribution in [0.4, 0.5) is 0 Å². The average molecular weight is 202 g/mol. The third-order valence-electron chi connectivity index (χ3n) is 2.50. The summed E-state index contributed by atoms with van der Waals surface area (Å²) in [6, 6.07) is 0. The van der Waals surface area contributed by atoms with Crippen LogP contribution in [-0.4, -0.2) is 26.3 Å². The van der Waals surface area contributed by atoms with Crippen molar-refractivity contribution in [1.29, 1.82) is 0 Å². The summed E-state index contributed by atoms with van der Waals surface area (Å²) in [5.74, 6) is -1.01. The average Bonchev–Trinajstić information content (AvgIpc) is 2.24. The van der Waals surface area contributed by atoms with Gasteiger partial charge in [0.25, 0.3) is 0 Å². The number of aldehydes is 1. The second kappa shape index (κ2) is 7.94. The monoisotopic (exact) mass is 202 g/mol. The maximum atomic E-state index is 10.8. The van der Waals surface area contributed by atoms with Crippen molar-refractivity contribution in [2.45, 2.75) is 51.2 Å². The van der Waals surface area contributed by atoms with Gasteiger partial charge < -0.3 is 9.47 Å². The van der Waals surface area contributed by atoms with Gasteiger partial charge in [0.2, 0.25) is 5.79 Å². The van der Waals surface area contributed by atoms with Crippen LogP contribution in [0.1, 0.15) is 45.4 Å². The third-order valence-corrected chi connectivity index (χ3v) is 2.50. The van der Waals surface area contributed by atoms with Crippen LogP contribution in [0.15, 0.2) is 0 Å². The normalized spacial score (nSPS) is 11.6. The Kier molecular flexibility index (Phi) is 7.71. The Hall–Kier alpha value is -0.410. The molecule has 0 aliphatic carbocycles. The van der Waals surface area contributed by atoms with E-state index in [9.17, 15) is 4.79 Å². The van der Waals surface area contributed by atoms with Gasteiger partial charge >= 0.3 is 0 Å². The Bertz CT molecular complexity index is 141. The Morgan fingerprint density at radius 1 is 1.07 bits per heavy atom. The minimum absolute atomic E-state index is 0.646. The fourth-order valence-electron chi connectivity index (χ4n) is 1.42. The first-order valence-electron chi connectivity index (χ1n) is 5.31. The van der Waals surface area contributed by atoms with Crippen molar-refractivity contribution in [2.75, 3.05) is 14.2 Å². The molecular weight excluding hydrogens is 180 g/mol. The van der Waals surface area contributed by atoms with Crippen molar-refractivity contribution in [3.63, 3.8) is 0 Å². The van der Waals surface area contributed by atoms with E-state index in [4.69, 9.17) is 9.47 Å². The highest BCUT2D eigenvalue weighted by Crippen LogP contribution is 2.18. The highest BCUT2D eigenvalue weighted by Gasteiger charge is 2.27. The molecule has 0 unspecified atom stereocenters. The molecule has 0 aliphatic rings. The van der Waals surface area contributed by atoms with Crippen LogP contribution in [-0.2, 0) is 14.3 Å². The molecule has 0 saturated carbocycles. The van der Waals surface area contributed by atoms with Crippen molar-refractivity contribution < 1.29 is 14.3 Å². The van der Waals surface area contributed by atoms with Crippen molar-refractivity contribution in [2.24, 2.45) is 0 Å². The van der Waals surface area contributed by atoms with E-state index in [-0.39, 0.29) is 0 Å². The summed E-state index contributed by atoms with van der Waals surface area (Å²) in [6.45, 7) is 2.18. The molecule has 0 fully saturated rings. The molecule has 0 radical (unpaired) electrons. The molecule has 0 bridgehead atoms. The third kappa shape index (κ3) is 4.72. The van der Waals surface area contributed by atoms with Crippen molar-refractivity contribution >= 4 is 6.29 Å². The van der Waals surface area contributed by atoms with E-state index < -0.39 is 5.79 Å². The number of ether oxygens (including phenoxy) is 2. The number of carbonyl (C=O) groups is 1. The largest absolute Gasteiger partial charge is 0.347 e. The summed E-state index contributed by atoms with van der Waals surface area (Å²) in [5.41, 5.74) is 0. The summed E-state index contributed by atoms with van der Waals surface area (Å²) in [6.07, 6.45) is 7.21. The topological polar surface area (TPSA) is 35.5 Å². The number of rotatable bonds is 9. The number of methoxy groups -OCH3 is 2. The van der Waals surface area contributed by atoms with Gasteiger partial charge in [0.15, 0.2) is 6.29 Å². The maximum Gasteiger partial charge on any atom is 0.225 e. The van der Waals surface area contributed by atoms with E-state index in [1.807, 2.05) is 0 Å². The predicted octanol–water partition coefficient (Wildman–Crippen LogP) is 2.53. The molecule has 0 N–H and O–H groups in total. The van der Waals surface area contributed by atoms with Crippen LogP contribution < -0.4 is 0 Å². The molecular formula is C11H22O3. The van der Waals surface area contributed by atoms with Crippen LogP contribution in [0.5, 0.6) is 0 Å². The second-order valence-electron chi connectivity index (χ2n) is 3.50. The Morgan fingerprint density at radius 2 is 1.64 bits per heavy atom. The van der Waals surface area contributed by atoms with Crippen LogP contribution >= 0.6 is 0 Å². The zero-order chi connectivity index (χ0) is 10.9. The molecule has 0 aromatic rings. The number of unbranched alkanes of at least 4 members (excludes halogenated alkanes) is 4. The van der Waals surface area contributed by atoms with E-state index in [0.29, 0.717) is 6.42 Å². The molecule has 0 rings (SSSR count). The number of carbonyl (C=O) groups excluding carboxylic acids is 1. The molecule has 0 amide bonds. The molecule has 0 aromatic heterocycles. The fourth-order valence-corrected chi connectivity index (χ4v) is 1.42. The number of hydrogen-bond acceptors (Lipinski definition) is 3. The van der Waals surface area contributed by atoms with Gasteiger partial charge in [-0.3, -0.25) is 4.79 Å². The lowest BCUT2D eigenvalue weighted by atomic mass is 10.1. The minimum atomic E-state index is -1.01. The second-order valence-corrected chi connectivity index (χ2v) is 3.50. The molecule has 84 valence electrons. The predicted molar refractivity (Wildman–Crippen MR) is 56.2 cm³/mol.